The van der Waals surface area contributed by atoms with Gasteiger partial charge in [0, 0.05) is 6.20 Å². The topological polar surface area (TPSA) is 156 Å². The number of hydrogen-bond acceptors (Lipinski definition) is 11. The van der Waals surface area contributed by atoms with Gasteiger partial charge in [0.2, 0.25) is 0 Å². The number of pyridine rings is 1. The molecule has 1 aromatic heterocycles. The minimum absolute atomic E-state index is 0.130. The van der Waals surface area contributed by atoms with Crippen LogP contribution in [-0.2, 0) is 33.3 Å². The van der Waals surface area contributed by atoms with Crippen LogP contribution in [0.3, 0.4) is 0 Å². The normalized spacial score (nSPS) is 21.6. The van der Waals surface area contributed by atoms with Gasteiger partial charge in [0.25, 0.3) is 5.91 Å². The Balaban J connectivity index is 2.19. The van der Waals surface area contributed by atoms with E-state index in [2.05, 4.69) is 17.2 Å². The Morgan fingerprint density at radius 3 is 2.48 bits per heavy atom. The molecule has 1 aliphatic heterocycles. The summed E-state index contributed by atoms with van der Waals surface area (Å²) in [7, 11) is 0. The second kappa shape index (κ2) is 16.7. The van der Waals surface area contributed by atoms with Gasteiger partial charge in [-0.25, -0.2) is 14.6 Å². The van der Waals surface area contributed by atoms with Crippen molar-refractivity contribution in [2.24, 2.45) is 17.8 Å². The Bertz CT molecular complexity index is 1110. The van der Waals surface area contributed by atoms with E-state index in [0.29, 0.717) is 5.56 Å². The lowest BCUT2D eigenvalue weighted by Gasteiger charge is -2.29. The predicted octanol–water partition coefficient (Wildman–Crippen LogP) is 4.30. The Hall–Kier alpha value is -3.70. The van der Waals surface area contributed by atoms with Crippen molar-refractivity contribution in [1.82, 2.24) is 10.3 Å². The molecule has 1 aliphatic rings. The van der Waals surface area contributed by atoms with E-state index in [4.69, 9.17) is 23.7 Å². The summed E-state index contributed by atoms with van der Waals surface area (Å²) < 4.78 is 27.1. The second-order valence-corrected chi connectivity index (χ2v) is 10.8. The van der Waals surface area contributed by atoms with Crippen molar-refractivity contribution in [1.29, 1.82) is 0 Å². The van der Waals surface area contributed by atoms with Crippen LogP contribution in [0.2, 0.25) is 0 Å². The number of cyclic esters (lactones) is 2. The maximum Gasteiger partial charge on any atom is 0.513 e. The molecule has 2 heterocycles. The number of amides is 1. The smallest absolute Gasteiger partial charge is 0.463 e. The summed E-state index contributed by atoms with van der Waals surface area (Å²) in [5, 5.41) is 2.46. The Kier molecular flexibility index (Phi) is 13.7. The van der Waals surface area contributed by atoms with Crippen LogP contribution in [0.4, 0.5) is 4.79 Å². The molecule has 0 aromatic carbocycles. The van der Waals surface area contributed by atoms with E-state index in [0.717, 1.165) is 25.7 Å². The van der Waals surface area contributed by atoms with E-state index in [1.54, 1.807) is 33.8 Å². The zero-order valence-electron chi connectivity index (χ0n) is 25.6. The van der Waals surface area contributed by atoms with Crippen LogP contribution >= 0.6 is 0 Å². The fourth-order valence-electron chi connectivity index (χ4n) is 4.34. The Morgan fingerprint density at radius 1 is 1.14 bits per heavy atom. The lowest BCUT2D eigenvalue weighted by atomic mass is 9.95. The Morgan fingerprint density at radius 2 is 1.86 bits per heavy atom. The number of esters is 3. The number of nitrogens with zero attached hydrogens (tertiary/aromatic N) is 1. The number of rotatable bonds is 12. The van der Waals surface area contributed by atoms with Gasteiger partial charge in [0.05, 0.1) is 18.4 Å². The lowest BCUT2D eigenvalue weighted by Crippen LogP contribution is -2.47. The van der Waals surface area contributed by atoms with E-state index >= 15 is 0 Å². The molecule has 42 heavy (non-hydrogen) atoms. The summed E-state index contributed by atoms with van der Waals surface area (Å²) in [5.74, 6) is -4.32. The number of carbonyl (C=O) groups excluding carboxylic acids is 5. The molecular weight excluding hydrogens is 548 g/mol. The zero-order valence-corrected chi connectivity index (χ0v) is 25.6. The molecule has 12 nitrogen and oxygen atoms in total. The van der Waals surface area contributed by atoms with E-state index in [1.165, 1.54) is 13.1 Å². The third-order valence-corrected chi connectivity index (χ3v) is 7.09. The molecule has 1 unspecified atom stereocenters. The maximum atomic E-state index is 13.3. The highest BCUT2D eigenvalue weighted by atomic mass is 16.7. The lowest BCUT2D eigenvalue weighted by molar-refractivity contribution is -0.176. The number of aromatic nitrogens is 1. The summed E-state index contributed by atoms with van der Waals surface area (Å²) in [6.45, 7) is 11.9. The third kappa shape index (κ3) is 9.70. The largest absolute Gasteiger partial charge is 0.513 e. The molecule has 1 fully saturated rings. The van der Waals surface area contributed by atoms with Crippen molar-refractivity contribution in [2.75, 3.05) is 13.2 Å². The standard InChI is InChI=1S/C30H44N2O10/c1-8-11-12-20(9-2)15-39-30(37)42-24-18(6)13-14-31-23(24)26(33)32-22-16-38-28(35)21(10-3)25(19(7)40-29(22)36)41-27(34)17(4)5/h13-14,17,19-22,25H,8-12,15-16H2,1-7H3,(H,32,33)/t19-,20?,21+,22-,25-/m0/s1. The molecule has 1 N–H and O–H groups in total. The van der Waals surface area contributed by atoms with Gasteiger partial charge < -0.3 is 29.0 Å². The van der Waals surface area contributed by atoms with Crippen LogP contribution in [0.25, 0.3) is 0 Å². The molecule has 12 heteroatoms. The van der Waals surface area contributed by atoms with Gasteiger partial charge in [0.1, 0.15) is 12.7 Å². The molecule has 0 bridgehead atoms. The number of aryl methyl sites for hydroxylation is 1. The van der Waals surface area contributed by atoms with Gasteiger partial charge in [-0.05, 0) is 44.2 Å². The van der Waals surface area contributed by atoms with E-state index < -0.39 is 66.7 Å². The van der Waals surface area contributed by atoms with Crippen LogP contribution in [0.1, 0.15) is 89.7 Å². The van der Waals surface area contributed by atoms with Gasteiger partial charge in [-0.3, -0.25) is 14.4 Å². The van der Waals surface area contributed by atoms with Gasteiger partial charge in [-0.2, -0.15) is 0 Å². The van der Waals surface area contributed by atoms with Crippen molar-refractivity contribution < 1.29 is 47.7 Å². The van der Waals surface area contributed by atoms with Gasteiger partial charge in [-0.1, -0.05) is 53.9 Å². The Labute approximate surface area is 247 Å². The summed E-state index contributed by atoms with van der Waals surface area (Å²) in [6, 6.07) is 0.142. The van der Waals surface area contributed by atoms with Crippen molar-refractivity contribution in [3.8, 4) is 5.75 Å². The van der Waals surface area contributed by atoms with Crippen LogP contribution in [0.15, 0.2) is 12.3 Å². The number of unbranched alkanes of at least 4 members (excludes halogenated alkanes) is 1. The fraction of sp³-hybridized carbons (Fsp3) is 0.667. The highest BCUT2D eigenvalue weighted by Crippen LogP contribution is 2.25. The molecule has 2 rings (SSSR count). The quantitative estimate of drug-likeness (QED) is 0.273. The molecule has 0 radical (unpaired) electrons. The molecule has 5 atom stereocenters. The van der Waals surface area contributed by atoms with Gasteiger partial charge >= 0.3 is 24.1 Å². The molecular formula is C30H44N2O10. The molecule has 1 amide bonds. The summed E-state index contributed by atoms with van der Waals surface area (Å²) in [6.07, 6.45) is 2.36. The summed E-state index contributed by atoms with van der Waals surface area (Å²) in [5.41, 5.74) is 0.162. The average Bonchev–Trinajstić information content (AvgIpc) is 2.98. The molecule has 0 spiro atoms. The number of carbonyl (C=O) groups is 5. The van der Waals surface area contributed by atoms with Crippen molar-refractivity contribution in [3.63, 3.8) is 0 Å². The third-order valence-electron chi connectivity index (χ3n) is 7.09. The first kappa shape index (κ1) is 34.5. The average molecular weight is 593 g/mol. The van der Waals surface area contributed by atoms with Crippen LogP contribution in [0, 0.1) is 24.7 Å². The molecule has 1 aromatic rings. The van der Waals surface area contributed by atoms with Crippen molar-refractivity contribution in [3.05, 3.63) is 23.5 Å². The van der Waals surface area contributed by atoms with Gasteiger partial charge in [0.15, 0.2) is 23.6 Å². The van der Waals surface area contributed by atoms with Crippen LogP contribution < -0.4 is 10.1 Å². The highest BCUT2D eigenvalue weighted by molar-refractivity contribution is 5.98. The van der Waals surface area contributed by atoms with E-state index in [1.807, 2.05) is 6.92 Å². The van der Waals surface area contributed by atoms with Crippen LogP contribution in [0.5, 0.6) is 5.75 Å². The highest BCUT2D eigenvalue weighted by Gasteiger charge is 2.41. The predicted molar refractivity (Wildman–Crippen MR) is 151 cm³/mol. The molecule has 0 aliphatic carbocycles. The summed E-state index contributed by atoms with van der Waals surface area (Å²) >= 11 is 0. The van der Waals surface area contributed by atoms with Crippen LogP contribution in [-0.4, -0.2) is 66.4 Å². The fourth-order valence-corrected chi connectivity index (χ4v) is 4.34. The minimum Gasteiger partial charge on any atom is -0.463 e. The number of ether oxygens (including phenoxy) is 5. The minimum atomic E-state index is -1.41. The number of nitrogens with one attached hydrogen (secondary N) is 1. The molecule has 234 valence electrons. The van der Waals surface area contributed by atoms with Crippen molar-refractivity contribution >= 4 is 30.0 Å². The van der Waals surface area contributed by atoms with E-state index in [9.17, 15) is 24.0 Å². The maximum absolute atomic E-state index is 13.3. The second-order valence-electron chi connectivity index (χ2n) is 10.8. The zero-order chi connectivity index (χ0) is 31.4. The summed E-state index contributed by atoms with van der Waals surface area (Å²) in [4.78, 5) is 68.1. The van der Waals surface area contributed by atoms with Gasteiger partial charge in [-0.15, -0.1) is 0 Å². The number of hydrogen-bond donors (Lipinski definition) is 1. The SMILES string of the molecule is CCCCC(CC)COC(=O)Oc1c(C)ccnc1C(=O)N[C@H]1COC(=O)[C@H](CC)[C@@H](OC(=O)C(C)C)[C@H](C)OC1=O. The first-order valence-electron chi connectivity index (χ1n) is 14.6. The molecule has 1 saturated heterocycles. The molecule has 0 saturated carbocycles. The van der Waals surface area contributed by atoms with Crippen molar-refractivity contribution in [2.45, 2.75) is 98.8 Å². The monoisotopic (exact) mass is 592 g/mol. The first-order chi connectivity index (χ1) is 19.9. The van der Waals surface area contributed by atoms with E-state index in [-0.39, 0.29) is 30.4 Å². The first-order valence-corrected chi connectivity index (χ1v) is 14.6.